The highest BCUT2D eigenvalue weighted by molar-refractivity contribution is 5.72. The molecule has 0 bridgehead atoms. The molecule has 0 aliphatic carbocycles. The van der Waals surface area contributed by atoms with Crippen LogP contribution in [0.25, 0.3) is 11.3 Å². The number of hydrogen-bond donors (Lipinski definition) is 0. The number of benzene rings is 1. The Hall–Kier alpha value is -2.31. The van der Waals surface area contributed by atoms with Crippen LogP contribution in [0.3, 0.4) is 0 Å². The Morgan fingerprint density at radius 1 is 1.16 bits per heavy atom. The first-order valence-electron chi connectivity index (χ1n) is 11.6. The number of aryl methyl sites for hydroxylation is 1. The highest BCUT2D eigenvalue weighted by Crippen LogP contribution is 2.37. The van der Waals surface area contributed by atoms with Crippen molar-refractivity contribution < 1.29 is 14.2 Å². The molecule has 2 fully saturated rings. The van der Waals surface area contributed by atoms with Crippen LogP contribution in [0.15, 0.2) is 29.1 Å². The lowest BCUT2D eigenvalue weighted by molar-refractivity contribution is -0.102. The van der Waals surface area contributed by atoms with Gasteiger partial charge in [0.05, 0.1) is 25.5 Å². The molecule has 0 saturated carbocycles. The Kier molecular flexibility index (Phi) is 5.76. The summed E-state index contributed by atoms with van der Waals surface area (Å²) in [6, 6.07) is 8.97. The van der Waals surface area contributed by atoms with Gasteiger partial charge >= 0.3 is 0 Å². The zero-order chi connectivity index (χ0) is 21.4. The molecule has 2 atom stereocenters. The number of hydrogen-bond acceptors (Lipinski definition) is 5. The minimum atomic E-state index is -0.0913. The van der Waals surface area contributed by atoms with Crippen molar-refractivity contribution in [2.24, 2.45) is 0 Å². The lowest BCUT2D eigenvalue weighted by Gasteiger charge is -2.36. The second kappa shape index (κ2) is 8.67. The molecule has 3 aliphatic heterocycles. The van der Waals surface area contributed by atoms with Gasteiger partial charge in [0.25, 0.3) is 0 Å². The third-order valence-electron chi connectivity index (χ3n) is 6.90. The van der Waals surface area contributed by atoms with Crippen molar-refractivity contribution >= 4 is 5.69 Å². The SMILES string of the molecule is Cc1c2n(c(OCC3COCCO3)cc1=O)CCc1cc(N3CCCCC3C)ccc1-2. The van der Waals surface area contributed by atoms with E-state index in [1.807, 2.05) is 6.92 Å². The Bertz CT molecular complexity index is 1010. The zero-order valence-corrected chi connectivity index (χ0v) is 18.6. The van der Waals surface area contributed by atoms with Crippen molar-refractivity contribution in [1.29, 1.82) is 0 Å². The maximum atomic E-state index is 12.8. The van der Waals surface area contributed by atoms with Crippen molar-refractivity contribution in [3.63, 3.8) is 0 Å². The fraction of sp³-hybridized carbons (Fsp3) is 0.560. The lowest BCUT2D eigenvalue weighted by Crippen LogP contribution is -2.37. The van der Waals surface area contributed by atoms with Crippen molar-refractivity contribution in [2.75, 3.05) is 37.9 Å². The number of ether oxygens (including phenoxy) is 3. The molecule has 6 heteroatoms. The molecular formula is C25H32N2O4. The number of anilines is 1. The van der Waals surface area contributed by atoms with E-state index in [1.165, 1.54) is 30.5 Å². The zero-order valence-electron chi connectivity index (χ0n) is 18.6. The molecule has 0 N–H and O–H groups in total. The number of pyridine rings is 1. The molecule has 31 heavy (non-hydrogen) atoms. The Morgan fingerprint density at radius 2 is 2.06 bits per heavy atom. The minimum Gasteiger partial charge on any atom is -0.476 e. The van der Waals surface area contributed by atoms with Crippen molar-refractivity contribution in [3.05, 3.63) is 45.6 Å². The van der Waals surface area contributed by atoms with E-state index in [0.29, 0.717) is 38.3 Å². The van der Waals surface area contributed by atoms with E-state index < -0.39 is 0 Å². The van der Waals surface area contributed by atoms with Gasteiger partial charge in [0, 0.05) is 42.0 Å². The third-order valence-corrected chi connectivity index (χ3v) is 6.90. The normalized spacial score (nSPS) is 23.2. The summed E-state index contributed by atoms with van der Waals surface area (Å²) in [6.07, 6.45) is 4.67. The Balaban J connectivity index is 1.46. The van der Waals surface area contributed by atoms with Gasteiger partial charge < -0.3 is 23.7 Å². The molecule has 2 saturated heterocycles. The third kappa shape index (κ3) is 3.99. The molecule has 0 amide bonds. The van der Waals surface area contributed by atoms with Crippen molar-refractivity contribution in [3.8, 4) is 17.1 Å². The van der Waals surface area contributed by atoms with E-state index in [0.717, 1.165) is 36.3 Å². The highest BCUT2D eigenvalue weighted by atomic mass is 16.6. The topological polar surface area (TPSA) is 52.9 Å². The fourth-order valence-corrected chi connectivity index (χ4v) is 5.14. The molecular weight excluding hydrogens is 392 g/mol. The van der Waals surface area contributed by atoms with Crippen LogP contribution < -0.4 is 15.1 Å². The Labute approximate surface area is 183 Å². The first-order valence-corrected chi connectivity index (χ1v) is 11.6. The highest BCUT2D eigenvalue weighted by Gasteiger charge is 2.25. The summed E-state index contributed by atoms with van der Waals surface area (Å²) < 4.78 is 19.4. The van der Waals surface area contributed by atoms with Crippen LogP contribution >= 0.6 is 0 Å². The molecule has 0 spiro atoms. The number of nitrogens with zero attached hydrogens (tertiary/aromatic N) is 2. The molecule has 0 radical (unpaired) electrons. The van der Waals surface area contributed by atoms with Gasteiger partial charge in [0.15, 0.2) is 11.3 Å². The monoisotopic (exact) mass is 424 g/mol. The first-order chi connectivity index (χ1) is 15.1. The summed E-state index contributed by atoms with van der Waals surface area (Å²) in [5.74, 6) is 0.624. The molecule has 1 aromatic carbocycles. The second-order valence-electron chi connectivity index (χ2n) is 8.98. The average molecular weight is 425 g/mol. The summed E-state index contributed by atoms with van der Waals surface area (Å²) in [4.78, 5) is 15.3. The summed E-state index contributed by atoms with van der Waals surface area (Å²) in [7, 11) is 0. The Morgan fingerprint density at radius 3 is 2.87 bits per heavy atom. The largest absolute Gasteiger partial charge is 0.476 e. The van der Waals surface area contributed by atoms with Crippen LogP contribution in [0.4, 0.5) is 5.69 Å². The second-order valence-corrected chi connectivity index (χ2v) is 8.98. The molecule has 3 aliphatic rings. The molecule has 6 nitrogen and oxygen atoms in total. The van der Waals surface area contributed by atoms with E-state index in [-0.39, 0.29) is 11.5 Å². The maximum absolute atomic E-state index is 12.8. The van der Waals surface area contributed by atoms with Crippen LogP contribution in [0.1, 0.15) is 37.3 Å². The number of aromatic nitrogens is 1. The summed E-state index contributed by atoms with van der Waals surface area (Å²) in [6.45, 7) is 8.31. The quantitative estimate of drug-likeness (QED) is 0.751. The van der Waals surface area contributed by atoms with Gasteiger partial charge in [-0.05, 0) is 57.2 Å². The van der Waals surface area contributed by atoms with Crippen LogP contribution in [0, 0.1) is 6.92 Å². The van der Waals surface area contributed by atoms with Crippen LogP contribution in [0.5, 0.6) is 5.88 Å². The van der Waals surface area contributed by atoms with Crippen LogP contribution in [0.2, 0.25) is 0 Å². The summed E-state index contributed by atoms with van der Waals surface area (Å²) in [5.41, 5.74) is 5.56. The van der Waals surface area contributed by atoms with E-state index >= 15 is 0 Å². The molecule has 1 aromatic heterocycles. The fourth-order valence-electron chi connectivity index (χ4n) is 5.14. The van der Waals surface area contributed by atoms with E-state index in [2.05, 4.69) is 34.6 Å². The standard InChI is InChI=1S/C25H32N2O4/c1-17-5-3-4-9-26(17)20-6-7-22-19(13-20)8-10-27-24(14-23(28)18(2)25(22)27)31-16-21-15-29-11-12-30-21/h6-7,13-14,17,21H,3-5,8-12,15-16H2,1-2H3. The van der Waals surface area contributed by atoms with Crippen LogP contribution in [-0.4, -0.2) is 49.7 Å². The molecule has 4 heterocycles. The van der Waals surface area contributed by atoms with E-state index in [1.54, 1.807) is 6.07 Å². The van der Waals surface area contributed by atoms with Crippen molar-refractivity contribution in [1.82, 2.24) is 4.57 Å². The van der Waals surface area contributed by atoms with Crippen LogP contribution in [-0.2, 0) is 22.4 Å². The van der Waals surface area contributed by atoms with E-state index in [9.17, 15) is 4.79 Å². The van der Waals surface area contributed by atoms with Gasteiger partial charge in [-0.25, -0.2) is 0 Å². The van der Waals surface area contributed by atoms with E-state index in [4.69, 9.17) is 14.2 Å². The predicted molar refractivity (Wildman–Crippen MR) is 121 cm³/mol. The lowest BCUT2D eigenvalue weighted by atomic mass is 9.93. The van der Waals surface area contributed by atoms with Crippen molar-refractivity contribution in [2.45, 2.75) is 58.2 Å². The molecule has 2 aromatic rings. The van der Waals surface area contributed by atoms with Gasteiger partial charge in [-0.2, -0.15) is 0 Å². The van der Waals surface area contributed by atoms with Gasteiger partial charge in [-0.15, -0.1) is 0 Å². The van der Waals surface area contributed by atoms with Gasteiger partial charge in [-0.3, -0.25) is 4.79 Å². The van der Waals surface area contributed by atoms with Gasteiger partial charge in [0.2, 0.25) is 0 Å². The van der Waals surface area contributed by atoms with Gasteiger partial charge in [0.1, 0.15) is 12.7 Å². The molecule has 5 rings (SSSR count). The first kappa shape index (κ1) is 20.6. The smallest absolute Gasteiger partial charge is 0.197 e. The predicted octanol–water partition coefficient (Wildman–Crippen LogP) is 3.55. The summed E-state index contributed by atoms with van der Waals surface area (Å²) >= 11 is 0. The number of fused-ring (bicyclic) bond motifs is 3. The number of rotatable bonds is 4. The average Bonchev–Trinajstić information content (AvgIpc) is 2.80. The number of piperidine rings is 1. The minimum absolute atomic E-state index is 0.0173. The molecule has 2 unspecified atom stereocenters. The summed E-state index contributed by atoms with van der Waals surface area (Å²) in [5, 5.41) is 0. The van der Waals surface area contributed by atoms with Gasteiger partial charge in [-0.1, -0.05) is 6.07 Å². The molecule has 166 valence electrons. The maximum Gasteiger partial charge on any atom is 0.197 e.